The van der Waals surface area contributed by atoms with Crippen molar-refractivity contribution < 1.29 is 8.78 Å². The third-order valence-corrected chi connectivity index (χ3v) is 2.53. The lowest BCUT2D eigenvalue weighted by Gasteiger charge is -2.15. The second-order valence-corrected chi connectivity index (χ2v) is 3.75. The molecule has 0 saturated carbocycles. The first-order chi connectivity index (χ1) is 7.25. The van der Waals surface area contributed by atoms with Gasteiger partial charge in [-0.15, -0.1) is 0 Å². The molecule has 1 fully saturated rings. The van der Waals surface area contributed by atoms with Gasteiger partial charge in [0.2, 0.25) is 0 Å². The molecule has 1 heterocycles. The molecule has 1 nitrogen and oxygen atoms in total. The van der Waals surface area contributed by atoms with Crippen LogP contribution in [0.1, 0.15) is 18.4 Å². The molecule has 0 atom stereocenters. The summed E-state index contributed by atoms with van der Waals surface area (Å²) in [5.74, 6) is -1.02. The van der Waals surface area contributed by atoms with Gasteiger partial charge in [-0.05, 0) is 31.5 Å². The zero-order valence-electron chi connectivity index (χ0n) is 8.39. The Morgan fingerprint density at radius 2 is 2.13 bits per heavy atom. The van der Waals surface area contributed by atoms with E-state index in [0.29, 0.717) is 5.56 Å². The van der Waals surface area contributed by atoms with Gasteiger partial charge in [0.15, 0.2) is 0 Å². The molecule has 1 N–H and O–H groups in total. The number of benzene rings is 1. The summed E-state index contributed by atoms with van der Waals surface area (Å²) in [4.78, 5) is 0. The van der Waals surface area contributed by atoms with E-state index in [-0.39, 0.29) is 0 Å². The summed E-state index contributed by atoms with van der Waals surface area (Å²) in [7, 11) is 0. The van der Waals surface area contributed by atoms with Crippen LogP contribution in [0.5, 0.6) is 0 Å². The Morgan fingerprint density at radius 1 is 1.27 bits per heavy atom. The lowest BCUT2D eigenvalue weighted by molar-refractivity contribution is 0.580. The minimum atomic E-state index is -0.531. The lowest BCUT2D eigenvalue weighted by Crippen LogP contribution is -2.23. The normalized spacial score (nSPS) is 19.5. The maximum absolute atomic E-state index is 13.3. The summed E-state index contributed by atoms with van der Waals surface area (Å²) < 4.78 is 26.0. The monoisotopic (exact) mass is 209 g/mol. The van der Waals surface area contributed by atoms with Crippen LogP contribution in [0.4, 0.5) is 8.78 Å². The van der Waals surface area contributed by atoms with Crippen molar-refractivity contribution >= 4 is 6.08 Å². The summed E-state index contributed by atoms with van der Waals surface area (Å²) in [6, 6.07) is 3.68. The number of hydrogen-bond acceptors (Lipinski definition) is 1. The molecule has 1 aliphatic heterocycles. The van der Waals surface area contributed by atoms with Crippen molar-refractivity contribution in [2.24, 2.45) is 0 Å². The summed E-state index contributed by atoms with van der Waals surface area (Å²) >= 11 is 0. The molecule has 1 aliphatic rings. The smallest absolute Gasteiger partial charge is 0.133 e. The molecular weight excluding hydrogens is 196 g/mol. The van der Waals surface area contributed by atoms with Crippen LogP contribution in [0.2, 0.25) is 0 Å². The first-order valence-electron chi connectivity index (χ1n) is 5.11. The molecule has 0 aromatic heterocycles. The van der Waals surface area contributed by atoms with Crippen LogP contribution in [-0.2, 0) is 0 Å². The molecule has 80 valence electrons. The van der Waals surface area contributed by atoms with Gasteiger partial charge >= 0.3 is 0 Å². The average molecular weight is 209 g/mol. The maximum Gasteiger partial charge on any atom is 0.133 e. The summed E-state index contributed by atoms with van der Waals surface area (Å²) in [5.41, 5.74) is 1.64. The van der Waals surface area contributed by atoms with Gasteiger partial charge in [0.25, 0.3) is 0 Å². The summed E-state index contributed by atoms with van der Waals surface area (Å²) in [5, 5.41) is 3.22. The fraction of sp³-hybridized carbons (Fsp3) is 0.333. The highest BCUT2D eigenvalue weighted by atomic mass is 19.1. The number of rotatable bonds is 1. The minimum Gasteiger partial charge on any atom is -0.313 e. The van der Waals surface area contributed by atoms with Crippen LogP contribution in [0.3, 0.4) is 0 Å². The fourth-order valence-corrected chi connectivity index (χ4v) is 1.74. The molecule has 1 aromatic rings. The van der Waals surface area contributed by atoms with Crippen molar-refractivity contribution in [2.45, 2.75) is 12.8 Å². The van der Waals surface area contributed by atoms with Gasteiger partial charge in [0.05, 0.1) is 0 Å². The quantitative estimate of drug-likeness (QED) is 0.749. The van der Waals surface area contributed by atoms with E-state index in [2.05, 4.69) is 5.32 Å². The second kappa shape index (κ2) is 4.53. The van der Waals surface area contributed by atoms with E-state index in [1.54, 1.807) is 6.08 Å². The number of nitrogens with one attached hydrogen (secondary N) is 1. The van der Waals surface area contributed by atoms with Crippen molar-refractivity contribution in [3.63, 3.8) is 0 Å². The van der Waals surface area contributed by atoms with Crippen LogP contribution in [-0.4, -0.2) is 13.1 Å². The molecule has 0 aliphatic carbocycles. The molecule has 2 rings (SSSR count). The highest BCUT2D eigenvalue weighted by molar-refractivity contribution is 5.54. The maximum atomic E-state index is 13.3. The highest BCUT2D eigenvalue weighted by Crippen LogP contribution is 2.17. The summed E-state index contributed by atoms with van der Waals surface area (Å²) in [6.45, 7) is 1.82. The van der Waals surface area contributed by atoms with Crippen LogP contribution in [0, 0.1) is 11.6 Å². The van der Waals surface area contributed by atoms with E-state index < -0.39 is 11.6 Å². The van der Waals surface area contributed by atoms with Crippen LogP contribution < -0.4 is 5.32 Å². The van der Waals surface area contributed by atoms with E-state index >= 15 is 0 Å². The van der Waals surface area contributed by atoms with Crippen molar-refractivity contribution in [1.29, 1.82) is 0 Å². The van der Waals surface area contributed by atoms with E-state index in [4.69, 9.17) is 0 Å². The molecule has 0 amide bonds. The van der Waals surface area contributed by atoms with Gasteiger partial charge in [-0.2, -0.15) is 0 Å². The third-order valence-electron chi connectivity index (χ3n) is 2.53. The number of hydrogen-bond donors (Lipinski definition) is 1. The van der Waals surface area contributed by atoms with Gasteiger partial charge in [-0.3, -0.25) is 0 Å². The Morgan fingerprint density at radius 3 is 2.80 bits per heavy atom. The van der Waals surface area contributed by atoms with Gasteiger partial charge < -0.3 is 5.32 Å². The average Bonchev–Trinajstić information content (AvgIpc) is 2.24. The topological polar surface area (TPSA) is 12.0 Å². The number of halogens is 2. The Labute approximate surface area is 87.8 Å². The van der Waals surface area contributed by atoms with Crippen molar-refractivity contribution in [2.75, 3.05) is 13.1 Å². The predicted molar refractivity (Wildman–Crippen MR) is 56.4 cm³/mol. The molecule has 0 bridgehead atoms. The minimum absolute atomic E-state index is 0.468. The van der Waals surface area contributed by atoms with Gasteiger partial charge in [0.1, 0.15) is 11.6 Å². The molecule has 0 radical (unpaired) electrons. The second-order valence-electron chi connectivity index (χ2n) is 3.75. The van der Waals surface area contributed by atoms with Crippen LogP contribution in [0.15, 0.2) is 23.8 Å². The van der Waals surface area contributed by atoms with E-state index in [9.17, 15) is 8.78 Å². The third kappa shape index (κ3) is 2.63. The Kier molecular flexibility index (Phi) is 3.11. The molecule has 0 spiro atoms. The van der Waals surface area contributed by atoms with Gasteiger partial charge in [0, 0.05) is 18.2 Å². The van der Waals surface area contributed by atoms with Crippen LogP contribution in [0.25, 0.3) is 6.08 Å². The predicted octanol–water partition coefficient (Wildman–Crippen LogP) is 2.73. The Hall–Kier alpha value is -1.22. The zero-order valence-corrected chi connectivity index (χ0v) is 8.39. The molecule has 1 saturated heterocycles. The SMILES string of the molecule is Fc1ccc(C=C2CCCNC2)c(F)c1. The van der Waals surface area contributed by atoms with E-state index in [0.717, 1.165) is 32.0 Å². The number of piperidine rings is 1. The molecule has 0 unspecified atom stereocenters. The zero-order chi connectivity index (χ0) is 10.7. The van der Waals surface area contributed by atoms with E-state index in [1.165, 1.54) is 17.7 Å². The van der Waals surface area contributed by atoms with Gasteiger partial charge in [-0.1, -0.05) is 11.6 Å². The first kappa shape index (κ1) is 10.3. The standard InChI is InChI=1S/C12H13F2N/c13-11-4-3-10(12(14)7-11)6-9-2-1-5-15-8-9/h3-4,6-7,15H,1-2,5,8H2. The van der Waals surface area contributed by atoms with Crippen LogP contribution >= 0.6 is 0 Å². The Balaban J connectivity index is 2.22. The Bertz CT molecular complexity index is 377. The van der Waals surface area contributed by atoms with Crippen molar-refractivity contribution in [3.05, 3.63) is 41.0 Å². The molecule has 3 heteroatoms. The van der Waals surface area contributed by atoms with E-state index in [1.807, 2.05) is 0 Å². The lowest BCUT2D eigenvalue weighted by atomic mass is 10.0. The largest absolute Gasteiger partial charge is 0.313 e. The van der Waals surface area contributed by atoms with Gasteiger partial charge in [-0.25, -0.2) is 8.78 Å². The highest BCUT2D eigenvalue weighted by Gasteiger charge is 2.06. The molecule has 15 heavy (non-hydrogen) atoms. The van der Waals surface area contributed by atoms with Crippen molar-refractivity contribution in [1.82, 2.24) is 5.32 Å². The fourth-order valence-electron chi connectivity index (χ4n) is 1.74. The van der Waals surface area contributed by atoms with Crippen molar-refractivity contribution in [3.8, 4) is 0 Å². The first-order valence-corrected chi connectivity index (χ1v) is 5.11. The molecule has 1 aromatic carbocycles. The molecular formula is C12H13F2N. The summed E-state index contributed by atoms with van der Waals surface area (Å²) in [6.07, 6.45) is 3.87.